The highest BCUT2D eigenvalue weighted by Gasteiger charge is 2.31. The van der Waals surface area contributed by atoms with Gasteiger partial charge in [-0.1, -0.05) is 12.1 Å². The molecule has 114 valence electrons. The molecule has 5 heteroatoms. The standard InChI is InChI=1S/C16H21FN2O2/c17-14-5-3-13(4-6-14)10-19(9-12-1-2-12)16(20)15-11-21-8-7-18-15/h3-6,12,15,18H,1-2,7-11H2. The van der Waals surface area contributed by atoms with Crippen molar-refractivity contribution in [3.63, 3.8) is 0 Å². The molecule has 1 saturated heterocycles. The molecular weight excluding hydrogens is 271 g/mol. The first-order valence-corrected chi connectivity index (χ1v) is 7.57. The van der Waals surface area contributed by atoms with Gasteiger partial charge in [0.25, 0.3) is 0 Å². The van der Waals surface area contributed by atoms with Crippen molar-refractivity contribution in [3.05, 3.63) is 35.6 Å². The van der Waals surface area contributed by atoms with Gasteiger partial charge in [-0.3, -0.25) is 4.79 Å². The van der Waals surface area contributed by atoms with E-state index in [1.165, 1.54) is 25.0 Å². The molecule has 1 saturated carbocycles. The molecule has 0 aromatic heterocycles. The minimum absolute atomic E-state index is 0.0888. The predicted molar refractivity (Wildman–Crippen MR) is 77.2 cm³/mol. The molecule has 21 heavy (non-hydrogen) atoms. The largest absolute Gasteiger partial charge is 0.378 e. The molecule has 1 aromatic rings. The van der Waals surface area contributed by atoms with Crippen molar-refractivity contribution in [1.29, 1.82) is 0 Å². The number of rotatable bonds is 5. The number of benzene rings is 1. The van der Waals surface area contributed by atoms with Crippen LogP contribution >= 0.6 is 0 Å². The van der Waals surface area contributed by atoms with E-state index in [0.29, 0.717) is 32.2 Å². The molecule has 1 amide bonds. The van der Waals surface area contributed by atoms with Crippen LogP contribution in [0.4, 0.5) is 4.39 Å². The maximum atomic E-state index is 13.0. The van der Waals surface area contributed by atoms with Gasteiger partial charge in [-0.05, 0) is 36.5 Å². The first kappa shape index (κ1) is 14.5. The lowest BCUT2D eigenvalue weighted by molar-refractivity contribution is -0.137. The average molecular weight is 292 g/mol. The zero-order valence-corrected chi connectivity index (χ0v) is 12.1. The molecule has 1 aliphatic heterocycles. The molecule has 1 aliphatic carbocycles. The van der Waals surface area contributed by atoms with E-state index in [2.05, 4.69) is 5.32 Å². The van der Waals surface area contributed by atoms with E-state index in [4.69, 9.17) is 4.74 Å². The van der Waals surface area contributed by atoms with Gasteiger partial charge in [-0.15, -0.1) is 0 Å². The fourth-order valence-corrected chi connectivity index (χ4v) is 2.60. The van der Waals surface area contributed by atoms with E-state index in [1.54, 1.807) is 12.1 Å². The molecular formula is C16H21FN2O2. The Morgan fingerprint density at radius 1 is 1.33 bits per heavy atom. The van der Waals surface area contributed by atoms with E-state index in [0.717, 1.165) is 12.1 Å². The quantitative estimate of drug-likeness (QED) is 0.895. The van der Waals surface area contributed by atoms with Crippen molar-refractivity contribution in [2.24, 2.45) is 5.92 Å². The van der Waals surface area contributed by atoms with Crippen LogP contribution < -0.4 is 5.32 Å². The number of carbonyl (C=O) groups excluding carboxylic acids is 1. The van der Waals surface area contributed by atoms with Gasteiger partial charge in [0.05, 0.1) is 13.2 Å². The summed E-state index contributed by atoms with van der Waals surface area (Å²) in [5.41, 5.74) is 0.960. The highest BCUT2D eigenvalue weighted by atomic mass is 19.1. The van der Waals surface area contributed by atoms with Crippen molar-refractivity contribution >= 4 is 5.91 Å². The molecule has 0 radical (unpaired) electrons. The van der Waals surface area contributed by atoms with Gasteiger partial charge in [0.1, 0.15) is 11.9 Å². The Morgan fingerprint density at radius 3 is 2.71 bits per heavy atom. The second-order valence-corrected chi connectivity index (χ2v) is 5.87. The fraction of sp³-hybridized carbons (Fsp3) is 0.562. The molecule has 1 aromatic carbocycles. The number of carbonyl (C=O) groups is 1. The van der Waals surface area contributed by atoms with Crippen LogP contribution in [0.15, 0.2) is 24.3 Å². The van der Waals surface area contributed by atoms with Gasteiger partial charge < -0.3 is 15.0 Å². The van der Waals surface area contributed by atoms with Gasteiger partial charge in [0.2, 0.25) is 5.91 Å². The Labute approximate surface area is 124 Å². The van der Waals surface area contributed by atoms with E-state index >= 15 is 0 Å². The third kappa shape index (κ3) is 4.02. The molecule has 1 unspecified atom stereocenters. The summed E-state index contributed by atoms with van der Waals surface area (Å²) in [6, 6.07) is 6.12. The minimum atomic E-state index is -0.252. The highest BCUT2D eigenvalue weighted by molar-refractivity contribution is 5.82. The van der Waals surface area contributed by atoms with Crippen LogP contribution in [0.1, 0.15) is 18.4 Å². The summed E-state index contributed by atoms with van der Waals surface area (Å²) in [7, 11) is 0. The van der Waals surface area contributed by atoms with Crippen LogP contribution in [0, 0.1) is 11.7 Å². The normalized spacial score (nSPS) is 22.0. The highest BCUT2D eigenvalue weighted by Crippen LogP contribution is 2.30. The number of morpholine rings is 1. The van der Waals surface area contributed by atoms with E-state index in [9.17, 15) is 9.18 Å². The van der Waals surface area contributed by atoms with Gasteiger partial charge >= 0.3 is 0 Å². The Morgan fingerprint density at radius 2 is 2.10 bits per heavy atom. The van der Waals surface area contributed by atoms with Gasteiger partial charge in [0.15, 0.2) is 0 Å². The average Bonchev–Trinajstić information content (AvgIpc) is 3.33. The maximum absolute atomic E-state index is 13.0. The molecule has 2 aliphatic rings. The summed E-state index contributed by atoms with van der Waals surface area (Å²) in [6.07, 6.45) is 2.39. The molecule has 0 spiro atoms. The molecule has 4 nitrogen and oxygen atoms in total. The summed E-state index contributed by atoms with van der Waals surface area (Å²) < 4.78 is 18.4. The fourth-order valence-electron chi connectivity index (χ4n) is 2.60. The lowest BCUT2D eigenvalue weighted by Gasteiger charge is -2.30. The van der Waals surface area contributed by atoms with Crippen LogP contribution in [0.2, 0.25) is 0 Å². The number of hydrogen-bond donors (Lipinski definition) is 1. The summed E-state index contributed by atoms with van der Waals surface area (Å²) in [4.78, 5) is 14.5. The van der Waals surface area contributed by atoms with Crippen molar-refractivity contribution in [2.75, 3.05) is 26.3 Å². The van der Waals surface area contributed by atoms with Gasteiger partial charge in [-0.25, -0.2) is 4.39 Å². The second kappa shape index (κ2) is 6.54. The molecule has 1 heterocycles. The van der Waals surface area contributed by atoms with E-state index in [-0.39, 0.29) is 17.8 Å². The van der Waals surface area contributed by atoms with Crippen molar-refractivity contribution in [3.8, 4) is 0 Å². The number of hydrogen-bond acceptors (Lipinski definition) is 3. The zero-order valence-electron chi connectivity index (χ0n) is 12.1. The number of halogens is 1. The summed E-state index contributed by atoms with van der Waals surface area (Å²) in [5, 5.41) is 3.21. The van der Waals surface area contributed by atoms with Crippen LogP contribution in [0.3, 0.4) is 0 Å². The van der Waals surface area contributed by atoms with Gasteiger partial charge in [0, 0.05) is 19.6 Å². The topological polar surface area (TPSA) is 41.6 Å². The smallest absolute Gasteiger partial charge is 0.242 e. The Hall–Kier alpha value is -1.46. The zero-order chi connectivity index (χ0) is 14.7. The number of amides is 1. The van der Waals surface area contributed by atoms with Gasteiger partial charge in [-0.2, -0.15) is 0 Å². The first-order chi connectivity index (χ1) is 10.2. The van der Waals surface area contributed by atoms with Crippen LogP contribution in [-0.2, 0) is 16.1 Å². The number of ether oxygens (including phenoxy) is 1. The lowest BCUT2D eigenvalue weighted by Crippen LogP contribution is -2.52. The predicted octanol–water partition coefficient (Wildman–Crippen LogP) is 1.55. The van der Waals surface area contributed by atoms with E-state index < -0.39 is 0 Å². The van der Waals surface area contributed by atoms with E-state index in [1.807, 2.05) is 4.90 Å². The monoisotopic (exact) mass is 292 g/mol. The number of nitrogens with zero attached hydrogens (tertiary/aromatic N) is 1. The SMILES string of the molecule is O=C(C1COCCN1)N(Cc1ccc(F)cc1)CC1CC1. The Kier molecular flexibility index (Phi) is 4.51. The van der Waals surface area contributed by atoms with Crippen molar-refractivity contribution < 1.29 is 13.9 Å². The minimum Gasteiger partial charge on any atom is -0.378 e. The van der Waals surface area contributed by atoms with Crippen LogP contribution in [0.5, 0.6) is 0 Å². The van der Waals surface area contributed by atoms with Crippen LogP contribution in [0.25, 0.3) is 0 Å². The third-order valence-corrected chi connectivity index (χ3v) is 3.99. The molecule has 1 N–H and O–H groups in total. The molecule has 1 atom stereocenters. The summed E-state index contributed by atoms with van der Waals surface area (Å²) >= 11 is 0. The van der Waals surface area contributed by atoms with Crippen molar-refractivity contribution in [1.82, 2.24) is 10.2 Å². The maximum Gasteiger partial charge on any atom is 0.242 e. The van der Waals surface area contributed by atoms with Crippen molar-refractivity contribution in [2.45, 2.75) is 25.4 Å². The lowest BCUT2D eigenvalue weighted by atomic mass is 10.1. The second-order valence-electron chi connectivity index (χ2n) is 5.87. The molecule has 3 rings (SSSR count). The third-order valence-electron chi connectivity index (χ3n) is 3.99. The molecule has 2 fully saturated rings. The molecule has 0 bridgehead atoms. The summed E-state index contributed by atoms with van der Waals surface area (Å²) in [5.74, 6) is 0.464. The first-order valence-electron chi connectivity index (χ1n) is 7.57. The van der Waals surface area contributed by atoms with Crippen LogP contribution in [-0.4, -0.2) is 43.2 Å². The Balaban J connectivity index is 1.67. The number of nitrogens with one attached hydrogen (secondary N) is 1. The summed E-state index contributed by atoms with van der Waals surface area (Å²) in [6.45, 7) is 3.13. The Bertz CT molecular complexity index is 482.